The molecule has 2 aromatic rings. The number of aromatic nitrogens is 3. The third-order valence-corrected chi connectivity index (χ3v) is 2.71. The number of benzene rings is 1. The number of amides is 2. The summed E-state index contributed by atoms with van der Waals surface area (Å²) in [7, 11) is 0. The van der Waals surface area contributed by atoms with Crippen molar-refractivity contribution < 1.29 is 9.59 Å². The maximum Gasteiger partial charge on any atom is 0.257 e. The minimum absolute atomic E-state index is 0.105. The van der Waals surface area contributed by atoms with Gasteiger partial charge in [0, 0.05) is 17.1 Å². The molecule has 0 radical (unpaired) electrons. The van der Waals surface area contributed by atoms with Gasteiger partial charge >= 0.3 is 0 Å². The number of rotatable bonds is 4. The van der Waals surface area contributed by atoms with Crippen LogP contribution >= 0.6 is 11.6 Å². The van der Waals surface area contributed by atoms with Crippen molar-refractivity contribution in [3.63, 3.8) is 0 Å². The van der Waals surface area contributed by atoms with Gasteiger partial charge in [0.2, 0.25) is 5.91 Å². The van der Waals surface area contributed by atoms with Crippen LogP contribution in [-0.4, -0.2) is 26.8 Å². The fraction of sp³-hybridized carbons (Fsp3) is 0.167. The van der Waals surface area contributed by atoms with E-state index in [9.17, 15) is 9.59 Å². The molecule has 1 aromatic heterocycles. The molecular weight excluding hydrogens is 282 g/mol. The Morgan fingerprint density at radius 3 is 2.60 bits per heavy atom. The summed E-state index contributed by atoms with van der Waals surface area (Å²) in [5.74, 6) is -0.982. The number of carbonyl (C=O) groups excluding carboxylic acids is 2. The van der Waals surface area contributed by atoms with Gasteiger partial charge in [-0.25, -0.2) is 4.68 Å². The quantitative estimate of drug-likeness (QED) is 0.846. The van der Waals surface area contributed by atoms with Crippen LogP contribution in [0.5, 0.6) is 0 Å². The normalized spacial score (nSPS) is 10.3. The Bertz CT molecular complexity index is 623. The van der Waals surface area contributed by atoms with Gasteiger partial charge in [0.05, 0.1) is 11.9 Å². The van der Waals surface area contributed by atoms with Crippen LogP contribution in [0.25, 0.3) is 0 Å². The SMILES string of the molecule is NCc1cn(CC(=O)NC(=O)c2ccc(Cl)cc2)nn1. The minimum atomic E-state index is -0.495. The molecule has 1 aromatic carbocycles. The molecule has 0 aliphatic rings. The highest BCUT2D eigenvalue weighted by molar-refractivity contribution is 6.30. The van der Waals surface area contributed by atoms with E-state index in [1.54, 1.807) is 18.3 Å². The molecule has 1 heterocycles. The highest BCUT2D eigenvalue weighted by atomic mass is 35.5. The smallest absolute Gasteiger partial charge is 0.257 e. The van der Waals surface area contributed by atoms with Crippen molar-refractivity contribution in [3.05, 3.63) is 46.7 Å². The van der Waals surface area contributed by atoms with Gasteiger partial charge in [-0.05, 0) is 24.3 Å². The second-order valence-corrected chi connectivity index (χ2v) is 4.43. The molecule has 0 aliphatic heterocycles. The van der Waals surface area contributed by atoms with Crippen LogP contribution in [-0.2, 0) is 17.9 Å². The van der Waals surface area contributed by atoms with Crippen LogP contribution in [0, 0.1) is 0 Å². The van der Waals surface area contributed by atoms with E-state index in [0.29, 0.717) is 16.3 Å². The van der Waals surface area contributed by atoms with Crippen LogP contribution in [0.1, 0.15) is 16.1 Å². The summed E-state index contributed by atoms with van der Waals surface area (Å²) in [6.45, 7) is 0.137. The van der Waals surface area contributed by atoms with Gasteiger partial charge in [-0.3, -0.25) is 14.9 Å². The maximum atomic E-state index is 11.8. The predicted octanol–water partition coefficient (Wildman–Crippen LogP) is 0.347. The summed E-state index contributed by atoms with van der Waals surface area (Å²) in [5.41, 5.74) is 6.30. The Hall–Kier alpha value is -2.25. The van der Waals surface area contributed by atoms with Gasteiger partial charge in [-0.1, -0.05) is 16.8 Å². The average Bonchev–Trinajstić information content (AvgIpc) is 2.86. The topological polar surface area (TPSA) is 103 Å². The maximum absolute atomic E-state index is 11.8. The first kappa shape index (κ1) is 14.2. The molecule has 0 saturated heterocycles. The highest BCUT2D eigenvalue weighted by Crippen LogP contribution is 2.09. The summed E-state index contributed by atoms with van der Waals surface area (Å²) < 4.78 is 1.31. The Morgan fingerprint density at radius 2 is 2.00 bits per heavy atom. The van der Waals surface area contributed by atoms with Crippen molar-refractivity contribution in [2.45, 2.75) is 13.1 Å². The standard InChI is InChI=1S/C12H12ClN5O2/c13-9-3-1-8(2-4-9)12(20)15-11(19)7-18-6-10(5-14)16-17-18/h1-4,6H,5,7,14H2,(H,15,19,20). The lowest BCUT2D eigenvalue weighted by Crippen LogP contribution is -2.33. The summed E-state index contributed by atoms with van der Waals surface area (Å²) in [5, 5.41) is 10.2. The van der Waals surface area contributed by atoms with Crippen molar-refractivity contribution >= 4 is 23.4 Å². The van der Waals surface area contributed by atoms with Gasteiger partial charge in [0.15, 0.2) is 0 Å². The number of imide groups is 1. The van der Waals surface area contributed by atoms with E-state index >= 15 is 0 Å². The molecule has 3 N–H and O–H groups in total. The molecule has 7 nitrogen and oxygen atoms in total. The van der Waals surface area contributed by atoms with Crippen molar-refractivity contribution in [1.82, 2.24) is 20.3 Å². The van der Waals surface area contributed by atoms with Crippen molar-refractivity contribution in [2.24, 2.45) is 5.73 Å². The second-order valence-electron chi connectivity index (χ2n) is 4.00. The van der Waals surface area contributed by atoms with E-state index in [-0.39, 0.29) is 13.1 Å². The number of halogens is 1. The first-order chi connectivity index (χ1) is 9.58. The van der Waals surface area contributed by atoms with Crippen LogP contribution in [0.15, 0.2) is 30.5 Å². The number of hydrogen-bond donors (Lipinski definition) is 2. The minimum Gasteiger partial charge on any atom is -0.325 e. The largest absolute Gasteiger partial charge is 0.325 e. The zero-order chi connectivity index (χ0) is 14.5. The molecular formula is C12H12ClN5O2. The van der Waals surface area contributed by atoms with E-state index in [2.05, 4.69) is 15.6 Å². The van der Waals surface area contributed by atoms with Crippen molar-refractivity contribution in [2.75, 3.05) is 0 Å². The first-order valence-electron chi connectivity index (χ1n) is 5.77. The average molecular weight is 294 g/mol. The van der Waals surface area contributed by atoms with Gasteiger partial charge in [0.1, 0.15) is 6.54 Å². The molecule has 0 atom stereocenters. The molecule has 2 amide bonds. The Labute approximate surface area is 119 Å². The summed E-state index contributed by atoms with van der Waals surface area (Å²) in [4.78, 5) is 23.5. The van der Waals surface area contributed by atoms with Crippen LogP contribution in [0.3, 0.4) is 0 Å². The molecule has 0 spiro atoms. The summed E-state index contributed by atoms with van der Waals surface area (Å²) >= 11 is 5.72. The number of carbonyl (C=O) groups is 2. The van der Waals surface area contributed by atoms with E-state index < -0.39 is 11.8 Å². The van der Waals surface area contributed by atoms with E-state index in [4.69, 9.17) is 17.3 Å². The fourth-order valence-corrected chi connectivity index (χ4v) is 1.62. The number of nitrogens with one attached hydrogen (secondary N) is 1. The zero-order valence-electron chi connectivity index (χ0n) is 10.4. The van der Waals surface area contributed by atoms with Gasteiger partial charge in [-0.15, -0.1) is 5.10 Å². The second kappa shape index (κ2) is 6.27. The van der Waals surface area contributed by atoms with Crippen LogP contribution in [0.4, 0.5) is 0 Å². The van der Waals surface area contributed by atoms with Gasteiger partial charge in [0.25, 0.3) is 5.91 Å². The Balaban J connectivity index is 1.94. The molecule has 0 aliphatic carbocycles. The fourth-order valence-electron chi connectivity index (χ4n) is 1.50. The lowest BCUT2D eigenvalue weighted by Gasteiger charge is -2.04. The predicted molar refractivity (Wildman–Crippen MR) is 71.8 cm³/mol. The summed E-state index contributed by atoms with van der Waals surface area (Å²) in [6.07, 6.45) is 1.55. The third-order valence-electron chi connectivity index (χ3n) is 2.46. The first-order valence-corrected chi connectivity index (χ1v) is 6.15. The summed E-state index contributed by atoms with van der Waals surface area (Å²) in [6, 6.07) is 6.22. The van der Waals surface area contributed by atoms with Gasteiger partial charge < -0.3 is 5.73 Å². The molecule has 20 heavy (non-hydrogen) atoms. The molecule has 104 valence electrons. The lowest BCUT2D eigenvalue weighted by molar-refractivity contribution is -0.120. The molecule has 0 saturated carbocycles. The Kier molecular flexibility index (Phi) is 4.44. The van der Waals surface area contributed by atoms with Crippen molar-refractivity contribution in [3.8, 4) is 0 Å². The van der Waals surface area contributed by atoms with Crippen LogP contribution in [0.2, 0.25) is 5.02 Å². The van der Waals surface area contributed by atoms with Crippen LogP contribution < -0.4 is 11.1 Å². The molecule has 8 heteroatoms. The molecule has 0 bridgehead atoms. The zero-order valence-corrected chi connectivity index (χ0v) is 11.2. The molecule has 2 rings (SSSR count). The number of hydrogen-bond acceptors (Lipinski definition) is 5. The van der Waals surface area contributed by atoms with E-state index in [0.717, 1.165) is 0 Å². The molecule has 0 unspecified atom stereocenters. The number of nitrogens with zero attached hydrogens (tertiary/aromatic N) is 3. The van der Waals surface area contributed by atoms with E-state index in [1.165, 1.54) is 16.8 Å². The lowest BCUT2D eigenvalue weighted by atomic mass is 10.2. The van der Waals surface area contributed by atoms with Gasteiger partial charge in [-0.2, -0.15) is 0 Å². The third kappa shape index (κ3) is 3.62. The Morgan fingerprint density at radius 1 is 1.30 bits per heavy atom. The van der Waals surface area contributed by atoms with E-state index in [1.807, 2.05) is 0 Å². The number of nitrogens with two attached hydrogens (primary N) is 1. The highest BCUT2D eigenvalue weighted by Gasteiger charge is 2.11. The molecule has 0 fully saturated rings. The monoisotopic (exact) mass is 293 g/mol. The van der Waals surface area contributed by atoms with Crippen molar-refractivity contribution in [1.29, 1.82) is 0 Å².